The van der Waals surface area contributed by atoms with E-state index in [9.17, 15) is 13.2 Å². The van der Waals surface area contributed by atoms with Crippen LogP contribution >= 0.6 is 0 Å². The van der Waals surface area contributed by atoms with Crippen LogP contribution in [0.1, 0.15) is 18.4 Å². The van der Waals surface area contributed by atoms with E-state index in [1.807, 2.05) is 0 Å². The molecule has 1 fully saturated rings. The summed E-state index contributed by atoms with van der Waals surface area (Å²) in [6.45, 7) is 0.600. The number of H-pyrrole nitrogens is 1. The summed E-state index contributed by atoms with van der Waals surface area (Å²) in [6, 6.07) is 0. The lowest BCUT2D eigenvalue weighted by Gasteiger charge is -2.32. The van der Waals surface area contributed by atoms with Crippen molar-refractivity contribution in [3.8, 4) is 0 Å². The number of hydrogen-bond acceptors (Lipinski definition) is 4. The van der Waals surface area contributed by atoms with Crippen LogP contribution < -0.4 is 0 Å². The predicted octanol–water partition coefficient (Wildman–Crippen LogP) is -0.117. The van der Waals surface area contributed by atoms with Crippen LogP contribution in [0, 0.1) is 5.92 Å². The maximum absolute atomic E-state index is 12.4. The molecule has 0 aromatic carbocycles. The maximum Gasteiger partial charge on any atom is 0.307 e. The fourth-order valence-electron chi connectivity index (χ4n) is 2.25. The molecule has 0 saturated carbocycles. The molecule has 9 heteroatoms. The molecule has 1 aromatic rings. The van der Waals surface area contributed by atoms with Gasteiger partial charge in [-0.1, -0.05) is 0 Å². The predicted molar refractivity (Wildman–Crippen MR) is 70.9 cm³/mol. The van der Waals surface area contributed by atoms with E-state index in [0.29, 0.717) is 19.4 Å². The minimum Gasteiger partial charge on any atom is -0.481 e. The number of rotatable bonds is 5. The Hall–Kier alpha value is -1.45. The number of hydrogen-bond donors (Lipinski definition) is 2. The second kappa shape index (κ2) is 5.90. The fourth-order valence-corrected chi connectivity index (χ4v) is 3.69. The largest absolute Gasteiger partial charge is 0.481 e. The third kappa shape index (κ3) is 3.17. The van der Waals surface area contributed by atoms with Crippen molar-refractivity contribution < 1.29 is 18.3 Å². The number of piperidine rings is 1. The number of carboxylic acids is 1. The second-order valence-electron chi connectivity index (χ2n) is 4.91. The summed E-state index contributed by atoms with van der Waals surface area (Å²) in [6.07, 6.45) is 4.27. The molecule has 1 aliphatic heterocycles. The van der Waals surface area contributed by atoms with Crippen LogP contribution in [0.15, 0.2) is 12.4 Å². The van der Waals surface area contributed by atoms with Crippen molar-refractivity contribution in [2.45, 2.75) is 19.4 Å². The van der Waals surface area contributed by atoms with E-state index in [1.54, 1.807) is 12.4 Å². The minimum atomic E-state index is -3.64. The molecule has 20 heavy (non-hydrogen) atoms. The van der Waals surface area contributed by atoms with Crippen LogP contribution in [0.2, 0.25) is 0 Å². The topological polar surface area (TPSA) is 107 Å². The first-order valence-corrected chi connectivity index (χ1v) is 7.73. The van der Waals surface area contributed by atoms with Gasteiger partial charge in [0.15, 0.2) is 0 Å². The van der Waals surface area contributed by atoms with E-state index in [2.05, 4.69) is 10.2 Å². The van der Waals surface area contributed by atoms with Crippen molar-refractivity contribution in [2.75, 3.05) is 20.1 Å². The highest BCUT2D eigenvalue weighted by molar-refractivity contribution is 7.86. The number of aliphatic carboxylic acids is 1. The summed E-state index contributed by atoms with van der Waals surface area (Å²) in [5.41, 5.74) is 0.753. The van der Waals surface area contributed by atoms with Gasteiger partial charge in [0.1, 0.15) is 0 Å². The zero-order valence-corrected chi connectivity index (χ0v) is 12.0. The maximum atomic E-state index is 12.4. The van der Waals surface area contributed by atoms with E-state index in [-0.39, 0.29) is 13.1 Å². The molecule has 1 aromatic heterocycles. The van der Waals surface area contributed by atoms with E-state index in [4.69, 9.17) is 5.11 Å². The van der Waals surface area contributed by atoms with Gasteiger partial charge in [0, 0.05) is 38.4 Å². The lowest BCUT2D eigenvalue weighted by atomic mass is 10.0. The molecule has 1 aliphatic rings. The molecule has 0 radical (unpaired) electrons. The Kier molecular flexibility index (Phi) is 4.41. The normalized spacial score (nSPS) is 21.2. The summed E-state index contributed by atoms with van der Waals surface area (Å²) in [5.74, 6) is -1.57. The van der Waals surface area contributed by atoms with E-state index in [1.165, 1.54) is 15.7 Å². The van der Waals surface area contributed by atoms with Gasteiger partial charge in [0.25, 0.3) is 10.2 Å². The van der Waals surface area contributed by atoms with E-state index < -0.39 is 22.1 Å². The van der Waals surface area contributed by atoms with Crippen LogP contribution in [0.5, 0.6) is 0 Å². The smallest absolute Gasteiger partial charge is 0.307 e. The molecular formula is C11H18N4O4S. The van der Waals surface area contributed by atoms with Gasteiger partial charge in [-0.25, -0.2) is 0 Å². The highest BCUT2D eigenvalue weighted by Gasteiger charge is 2.34. The van der Waals surface area contributed by atoms with Gasteiger partial charge in [-0.05, 0) is 12.8 Å². The molecule has 8 nitrogen and oxygen atoms in total. The summed E-state index contributed by atoms with van der Waals surface area (Å²) in [5, 5.41) is 15.4. The standard InChI is InChI=1S/C11H18N4O4S/c1-14(7-9-5-12-13-6-9)20(18,19)15-4-2-3-10(8-15)11(16)17/h5-6,10H,2-4,7-8H2,1H3,(H,12,13)(H,16,17). The van der Waals surface area contributed by atoms with Gasteiger partial charge in [-0.15, -0.1) is 0 Å². The summed E-state index contributed by atoms with van der Waals surface area (Å²) >= 11 is 0. The lowest BCUT2D eigenvalue weighted by molar-refractivity contribution is -0.142. The lowest BCUT2D eigenvalue weighted by Crippen LogP contribution is -2.47. The number of aromatic amines is 1. The molecule has 2 N–H and O–H groups in total. The molecule has 2 heterocycles. The van der Waals surface area contributed by atoms with Crippen LogP contribution in [-0.4, -0.2) is 58.4 Å². The molecule has 1 atom stereocenters. The first-order valence-electron chi connectivity index (χ1n) is 6.33. The van der Waals surface area contributed by atoms with Gasteiger partial charge in [0.05, 0.1) is 12.1 Å². The van der Waals surface area contributed by atoms with Gasteiger partial charge in [0.2, 0.25) is 0 Å². The molecule has 0 bridgehead atoms. The Bertz CT molecular complexity index is 557. The molecule has 0 aliphatic carbocycles. The zero-order valence-electron chi connectivity index (χ0n) is 11.2. The molecule has 1 saturated heterocycles. The van der Waals surface area contributed by atoms with E-state index in [0.717, 1.165) is 5.56 Å². The number of nitrogens with zero attached hydrogens (tertiary/aromatic N) is 3. The first-order chi connectivity index (χ1) is 9.41. The van der Waals surface area contributed by atoms with Gasteiger partial charge in [-0.2, -0.15) is 22.1 Å². The van der Waals surface area contributed by atoms with Crippen molar-refractivity contribution in [1.29, 1.82) is 0 Å². The molecule has 2 rings (SSSR count). The molecule has 0 amide bonds. The Morgan fingerprint density at radius 1 is 1.65 bits per heavy atom. The number of carbonyl (C=O) groups is 1. The highest BCUT2D eigenvalue weighted by Crippen LogP contribution is 2.21. The monoisotopic (exact) mass is 302 g/mol. The third-order valence-electron chi connectivity index (χ3n) is 3.41. The van der Waals surface area contributed by atoms with Crippen LogP contribution in [0.4, 0.5) is 0 Å². The van der Waals surface area contributed by atoms with Gasteiger partial charge >= 0.3 is 5.97 Å². The van der Waals surface area contributed by atoms with Crippen LogP contribution in [0.3, 0.4) is 0 Å². The van der Waals surface area contributed by atoms with Gasteiger partial charge < -0.3 is 5.11 Å². The van der Waals surface area contributed by atoms with Crippen molar-refractivity contribution in [1.82, 2.24) is 18.8 Å². The minimum absolute atomic E-state index is 0.0351. The SMILES string of the molecule is CN(Cc1cn[nH]c1)S(=O)(=O)N1CCCC(C(=O)O)C1. The number of nitrogens with one attached hydrogen (secondary N) is 1. The number of carboxylic acid groups (broad SMARTS) is 1. The highest BCUT2D eigenvalue weighted by atomic mass is 32.2. The van der Waals surface area contributed by atoms with E-state index >= 15 is 0 Å². The van der Waals surface area contributed by atoms with Crippen molar-refractivity contribution in [3.63, 3.8) is 0 Å². The first kappa shape index (κ1) is 14.9. The molecule has 112 valence electrons. The Labute approximate surface area is 117 Å². The third-order valence-corrected chi connectivity index (χ3v) is 5.31. The van der Waals surface area contributed by atoms with Crippen LogP contribution in [-0.2, 0) is 21.5 Å². The van der Waals surface area contributed by atoms with Crippen molar-refractivity contribution in [2.24, 2.45) is 5.92 Å². The molecule has 0 spiro atoms. The summed E-state index contributed by atoms with van der Waals surface area (Å²) < 4.78 is 27.3. The molecule has 1 unspecified atom stereocenters. The summed E-state index contributed by atoms with van der Waals surface area (Å²) in [7, 11) is -2.16. The fraction of sp³-hybridized carbons (Fsp3) is 0.636. The Morgan fingerprint density at radius 3 is 3.00 bits per heavy atom. The molecular weight excluding hydrogens is 284 g/mol. The van der Waals surface area contributed by atoms with Crippen molar-refractivity contribution >= 4 is 16.2 Å². The van der Waals surface area contributed by atoms with Gasteiger partial charge in [-0.3, -0.25) is 9.89 Å². The Morgan fingerprint density at radius 2 is 2.40 bits per heavy atom. The Balaban J connectivity index is 2.07. The quantitative estimate of drug-likeness (QED) is 0.789. The second-order valence-corrected chi connectivity index (χ2v) is 6.94. The summed E-state index contributed by atoms with van der Waals surface area (Å²) in [4.78, 5) is 11.0. The van der Waals surface area contributed by atoms with Crippen molar-refractivity contribution in [3.05, 3.63) is 18.0 Å². The average molecular weight is 302 g/mol. The van der Waals surface area contributed by atoms with Crippen LogP contribution in [0.25, 0.3) is 0 Å². The number of aromatic nitrogens is 2. The average Bonchev–Trinajstić information content (AvgIpc) is 2.91. The zero-order chi connectivity index (χ0) is 14.8.